The molecule has 1 aromatic rings. The van der Waals surface area contributed by atoms with E-state index in [2.05, 4.69) is 0 Å². The smallest absolute Gasteiger partial charge is 0.407 e. The van der Waals surface area contributed by atoms with Crippen LogP contribution in [-0.2, 0) is 15.3 Å². The Hall–Kier alpha value is -1.62. The lowest BCUT2D eigenvalue weighted by molar-refractivity contribution is -0.193. The van der Waals surface area contributed by atoms with E-state index < -0.39 is 11.9 Å². The van der Waals surface area contributed by atoms with Crippen LogP contribution in [0, 0.1) is 5.82 Å². The van der Waals surface area contributed by atoms with Crippen LogP contribution in [0.4, 0.5) is 9.18 Å². The Morgan fingerprint density at radius 3 is 2.38 bits per heavy atom. The second kappa shape index (κ2) is 4.94. The summed E-state index contributed by atoms with van der Waals surface area (Å²) >= 11 is 0. The number of ether oxygens (including phenoxy) is 2. The Labute approximate surface area is 93.2 Å². The molecule has 0 aliphatic carbocycles. The van der Waals surface area contributed by atoms with Crippen LogP contribution in [0.3, 0.4) is 0 Å². The Morgan fingerprint density at radius 1 is 1.44 bits per heavy atom. The highest BCUT2D eigenvalue weighted by atomic mass is 19.1. The molecule has 16 heavy (non-hydrogen) atoms. The van der Waals surface area contributed by atoms with Gasteiger partial charge in [0.25, 0.3) is 0 Å². The Kier molecular flexibility index (Phi) is 3.84. The minimum absolute atomic E-state index is 0.371. The van der Waals surface area contributed by atoms with E-state index in [-0.39, 0.29) is 5.82 Å². The molecule has 5 heteroatoms. The topological polar surface area (TPSA) is 61.6 Å². The van der Waals surface area contributed by atoms with Gasteiger partial charge in [-0.1, -0.05) is 6.92 Å². The number of benzene rings is 1. The summed E-state index contributed by atoms with van der Waals surface area (Å²) in [5.74, 6) is -1.62. The Bertz CT molecular complexity index is 360. The van der Waals surface area contributed by atoms with Gasteiger partial charge >= 0.3 is 6.09 Å². The predicted molar refractivity (Wildman–Crippen MR) is 56.0 cm³/mol. The van der Waals surface area contributed by atoms with Crippen molar-refractivity contribution in [2.75, 3.05) is 7.11 Å². The van der Waals surface area contributed by atoms with Crippen LogP contribution in [0.25, 0.3) is 0 Å². The van der Waals surface area contributed by atoms with Crippen molar-refractivity contribution in [3.05, 3.63) is 35.6 Å². The van der Waals surface area contributed by atoms with Crippen molar-refractivity contribution < 1.29 is 18.7 Å². The summed E-state index contributed by atoms with van der Waals surface area (Å²) in [6.45, 7) is 1.77. The quantitative estimate of drug-likeness (QED) is 0.801. The van der Waals surface area contributed by atoms with Crippen molar-refractivity contribution in [2.45, 2.75) is 19.1 Å². The van der Waals surface area contributed by atoms with Gasteiger partial charge < -0.3 is 15.2 Å². The highest BCUT2D eigenvalue weighted by Gasteiger charge is 2.34. The standard InChI is InChI=1S/C11H14FNO3/c1-3-11(15-2,16-10(13)14)8-4-6-9(12)7-5-8/h4-7H,3H2,1-2H3,(H2,13,14)/t11-/m1/s1. The third kappa shape index (κ3) is 2.49. The summed E-state index contributed by atoms with van der Waals surface area (Å²) in [5.41, 5.74) is 5.52. The largest absolute Gasteiger partial charge is 0.413 e. The van der Waals surface area contributed by atoms with Gasteiger partial charge in [0.1, 0.15) is 5.82 Å². The molecule has 0 aliphatic rings. The zero-order chi connectivity index (χ0) is 12.2. The molecule has 0 spiro atoms. The summed E-state index contributed by atoms with van der Waals surface area (Å²) in [5, 5.41) is 0. The number of rotatable bonds is 4. The van der Waals surface area contributed by atoms with Crippen LogP contribution in [0.15, 0.2) is 24.3 Å². The van der Waals surface area contributed by atoms with Gasteiger partial charge in [0.15, 0.2) is 0 Å². The third-order valence-corrected chi connectivity index (χ3v) is 2.34. The van der Waals surface area contributed by atoms with Gasteiger partial charge in [-0.2, -0.15) is 0 Å². The fraction of sp³-hybridized carbons (Fsp3) is 0.364. The lowest BCUT2D eigenvalue weighted by atomic mass is 10.0. The van der Waals surface area contributed by atoms with E-state index in [1.807, 2.05) is 0 Å². The number of carbonyl (C=O) groups excluding carboxylic acids is 1. The molecular formula is C11H14FNO3. The predicted octanol–water partition coefficient (Wildman–Crippen LogP) is 2.13. The van der Waals surface area contributed by atoms with Crippen LogP contribution < -0.4 is 5.73 Å². The summed E-state index contributed by atoms with van der Waals surface area (Å²) in [6.07, 6.45) is -0.564. The average Bonchev–Trinajstić information content (AvgIpc) is 2.27. The van der Waals surface area contributed by atoms with Gasteiger partial charge in [0.2, 0.25) is 5.79 Å². The van der Waals surface area contributed by atoms with Crippen molar-refractivity contribution in [1.29, 1.82) is 0 Å². The van der Waals surface area contributed by atoms with Crippen molar-refractivity contribution in [1.82, 2.24) is 0 Å². The highest BCUT2D eigenvalue weighted by Crippen LogP contribution is 2.30. The molecule has 0 radical (unpaired) electrons. The molecule has 1 amide bonds. The van der Waals surface area contributed by atoms with Gasteiger partial charge in [0, 0.05) is 19.1 Å². The molecule has 1 atom stereocenters. The minimum Gasteiger partial charge on any atom is -0.413 e. The monoisotopic (exact) mass is 227 g/mol. The van der Waals surface area contributed by atoms with Crippen molar-refractivity contribution in [3.8, 4) is 0 Å². The summed E-state index contributed by atoms with van der Waals surface area (Å²) in [6, 6.07) is 5.52. The maximum Gasteiger partial charge on any atom is 0.407 e. The number of hydrogen-bond acceptors (Lipinski definition) is 3. The molecule has 1 rings (SSSR count). The highest BCUT2D eigenvalue weighted by molar-refractivity contribution is 5.65. The molecular weight excluding hydrogens is 213 g/mol. The number of halogens is 1. The SMILES string of the molecule is CC[C@@](OC)(OC(N)=O)c1ccc(F)cc1. The van der Waals surface area contributed by atoms with E-state index in [9.17, 15) is 9.18 Å². The van der Waals surface area contributed by atoms with Gasteiger partial charge in [0.05, 0.1) is 0 Å². The molecule has 1 aromatic carbocycles. The molecule has 88 valence electrons. The molecule has 0 fully saturated rings. The fourth-order valence-electron chi connectivity index (χ4n) is 1.51. The molecule has 0 aliphatic heterocycles. The lowest BCUT2D eigenvalue weighted by Gasteiger charge is -2.30. The minimum atomic E-state index is -1.25. The first kappa shape index (κ1) is 12.4. The van der Waals surface area contributed by atoms with E-state index in [4.69, 9.17) is 15.2 Å². The van der Waals surface area contributed by atoms with E-state index >= 15 is 0 Å². The molecule has 0 saturated heterocycles. The Balaban J connectivity index is 3.09. The second-order valence-electron chi connectivity index (χ2n) is 3.24. The first-order valence-corrected chi connectivity index (χ1v) is 4.83. The molecule has 2 N–H and O–H groups in total. The maximum absolute atomic E-state index is 12.8. The zero-order valence-electron chi connectivity index (χ0n) is 9.20. The van der Waals surface area contributed by atoms with Gasteiger partial charge in [-0.15, -0.1) is 0 Å². The van der Waals surface area contributed by atoms with Crippen LogP contribution in [-0.4, -0.2) is 13.2 Å². The summed E-state index contributed by atoms with van der Waals surface area (Å²) < 4.78 is 22.9. The number of carbonyl (C=O) groups is 1. The van der Waals surface area contributed by atoms with Gasteiger partial charge in [-0.3, -0.25) is 0 Å². The van der Waals surface area contributed by atoms with E-state index in [1.54, 1.807) is 6.92 Å². The molecule has 4 nitrogen and oxygen atoms in total. The number of hydrogen-bond donors (Lipinski definition) is 1. The Morgan fingerprint density at radius 2 is 2.00 bits per heavy atom. The average molecular weight is 227 g/mol. The van der Waals surface area contributed by atoms with Crippen molar-refractivity contribution >= 4 is 6.09 Å². The van der Waals surface area contributed by atoms with Crippen LogP contribution in [0.1, 0.15) is 18.9 Å². The zero-order valence-corrected chi connectivity index (χ0v) is 9.20. The molecule has 0 heterocycles. The van der Waals surface area contributed by atoms with Gasteiger partial charge in [-0.25, -0.2) is 9.18 Å². The van der Waals surface area contributed by atoms with E-state index in [0.717, 1.165) is 0 Å². The van der Waals surface area contributed by atoms with Crippen LogP contribution >= 0.6 is 0 Å². The number of primary amides is 1. The molecule has 0 bridgehead atoms. The normalized spacial score (nSPS) is 14.2. The van der Waals surface area contributed by atoms with Crippen molar-refractivity contribution in [3.63, 3.8) is 0 Å². The second-order valence-corrected chi connectivity index (χ2v) is 3.24. The van der Waals surface area contributed by atoms with Crippen LogP contribution in [0.2, 0.25) is 0 Å². The number of amides is 1. The first-order valence-electron chi connectivity index (χ1n) is 4.83. The fourth-order valence-corrected chi connectivity index (χ4v) is 1.51. The van der Waals surface area contributed by atoms with E-state index in [1.165, 1.54) is 31.4 Å². The summed E-state index contributed by atoms with van der Waals surface area (Å²) in [7, 11) is 1.40. The molecule has 0 unspecified atom stereocenters. The van der Waals surface area contributed by atoms with Crippen molar-refractivity contribution in [2.24, 2.45) is 5.73 Å². The first-order chi connectivity index (χ1) is 7.54. The number of nitrogens with two attached hydrogens (primary N) is 1. The van der Waals surface area contributed by atoms with E-state index in [0.29, 0.717) is 12.0 Å². The van der Waals surface area contributed by atoms with Gasteiger partial charge in [-0.05, 0) is 24.3 Å². The number of methoxy groups -OCH3 is 1. The lowest BCUT2D eigenvalue weighted by Crippen LogP contribution is -2.36. The van der Waals surface area contributed by atoms with Crippen LogP contribution in [0.5, 0.6) is 0 Å². The third-order valence-electron chi connectivity index (χ3n) is 2.34. The maximum atomic E-state index is 12.8. The molecule has 0 aromatic heterocycles. The molecule has 0 saturated carbocycles. The summed E-state index contributed by atoms with van der Waals surface area (Å²) in [4.78, 5) is 10.8.